The Hall–Kier alpha value is -2.34. The van der Waals surface area contributed by atoms with Gasteiger partial charge < -0.3 is 10.2 Å². The maximum Gasteiger partial charge on any atom is 0.321 e. The topological polar surface area (TPSA) is 61.4 Å². The van der Waals surface area contributed by atoms with Gasteiger partial charge >= 0.3 is 6.03 Å². The maximum atomic E-state index is 12.1. The molecule has 1 aromatic heterocycles. The predicted molar refractivity (Wildman–Crippen MR) is 91.7 cm³/mol. The minimum absolute atomic E-state index is 0.185. The standard InChI is InChI=1S/C17H19N3O2S/c1-12-9-13-5-2-3-7-15(13)20(12)11-16(21)19-17(22)18-10-14-6-4-8-23-14/h2-8,12H,9-11H2,1H3,(H2,18,19,21,22). The van der Waals surface area contributed by atoms with Crippen LogP contribution in [0.15, 0.2) is 41.8 Å². The number of nitrogens with one attached hydrogen (secondary N) is 2. The summed E-state index contributed by atoms with van der Waals surface area (Å²) < 4.78 is 0. The molecule has 0 fully saturated rings. The average Bonchev–Trinajstić information content (AvgIpc) is 3.14. The van der Waals surface area contributed by atoms with Gasteiger partial charge in [0.05, 0.1) is 13.1 Å². The van der Waals surface area contributed by atoms with Crippen molar-refractivity contribution in [2.45, 2.75) is 25.9 Å². The highest BCUT2D eigenvalue weighted by Gasteiger charge is 2.27. The Kier molecular flexibility index (Phi) is 4.62. The van der Waals surface area contributed by atoms with Crippen LogP contribution in [-0.2, 0) is 17.8 Å². The van der Waals surface area contributed by atoms with Crippen LogP contribution in [0.3, 0.4) is 0 Å². The van der Waals surface area contributed by atoms with E-state index in [0.717, 1.165) is 17.0 Å². The molecule has 1 aliphatic heterocycles. The van der Waals surface area contributed by atoms with Crippen molar-refractivity contribution >= 4 is 29.0 Å². The number of imide groups is 1. The van der Waals surface area contributed by atoms with Crippen LogP contribution in [0.5, 0.6) is 0 Å². The molecule has 0 bridgehead atoms. The van der Waals surface area contributed by atoms with Crippen LogP contribution in [-0.4, -0.2) is 24.5 Å². The van der Waals surface area contributed by atoms with E-state index in [1.54, 1.807) is 11.3 Å². The summed E-state index contributed by atoms with van der Waals surface area (Å²) >= 11 is 1.57. The Labute approximate surface area is 139 Å². The second-order valence-corrected chi connectivity index (χ2v) is 6.65. The van der Waals surface area contributed by atoms with Gasteiger partial charge in [-0.2, -0.15) is 0 Å². The molecule has 3 rings (SSSR count). The second kappa shape index (κ2) is 6.83. The van der Waals surface area contributed by atoms with Crippen molar-refractivity contribution in [3.63, 3.8) is 0 Å². The zero-order chi connectivity index (χ0) is 16.2. The summed E-state index contributed by atoms with van der Waals surface area (Å²) in [5.74, 6) is -0.294. The van der Waals surface area contributed by atoms with E-state index >= 15 is 0 Å². The molecule has 0 radical (unpaired) electrons. The largest absolute Gasteiger partial charge is 0.359 e. The monoisotopic (exact) mass is 329 g/mol. The number of hydrogen-bond donors (Lipinski definition) is 2. The zero-order valence-electron chi connectivity index (χ0n) is 12.9. The quantitative estimate of drug-likeness (QED) is 0.906. The number of urea groups is 1. The summed E-state index contributed by atoms with van der Waals surface area (Å²) in [5, 5.41) is 7.04. The Bertz CT molecular complexity index is 700. The lowest BCUT2D eigenvalue weighted by atomic mass is 10.1. The number of anilines is 1. The van der Waals surface area contributed by atoms with Gasteiger partial charge in [-0.1, -0.05) is 24.3 Å². The first-order valence-electron chi connectivity index (χ1n) is 7.58. The van der Waals surface area contributed by atoms with Crippen LogP contribution in [0.2, 0.25) is 0 Å². The number of benzene rings is 1. The third kappa shape index (κ3) is 3.71. The van der Waals surface area contributed by atoms with Crippen LogP contribution in [0.4, 0.5) is 10.5 Å². The Morgan fingerprint density at radius 1 is 1.26 bits per heavy atom. The zero-order valence-corrected chi connectivity index (χ0v) is 13.7. The van der Waals surface area contributed by atoms with Crippen LogP contribution in [0.1, 0.15) is 17.4 Å². The Morgan fingerprint density at radius 2 is 2.09 bits per heavy atom. The molecule has 120 valence electrons. The number of nitrogens with zero attached hydrogens (tertiary/aromatic N) is 1. The molecule has 5 nitrogen and oxygen atoms in total. The fourth-order valence-electron chi connectivity index (χ4n) is 2.82. The second-order valence-electron chi connectivity index (χ2n) is 5.62. The van der Waals surface area contributed by atoms with Crippen molar-refractivity contribution in [2.24, 2.45) is 0 Å². The molecule has 1 aliphatic rings. The molecule has 6 heteroatoms. The number of amides is 3. The van der Waals surface area contributed by atoms with Crippen LogP contribution < -0.4 is 15.5 Å². The van der Waals surface area contributed by atoms with Crippen molar-refractivity contribution in [1.82, 2.24) is 10.6 Å². The number of hydrogen-bond acceptors (Lipinski definition) is 4. The number of fused-ring (bicyclic) bond motifs is 1. The lowest BCUT2D eigenvalue weighted by Gasteiger charge is -2.23. The molecule has 2 heterocycles. The maximum absolute atomic E-state index is 12.1. The predicted octanol–water partition coefficient (Wildman–Crippen LogP) is 2.53. The van der Waals surface area contributed by atoms with Crippen LogP contribution >= 0.6 is 11.3 Å². The lowest BCUT2D eigenvalue weighted by molar-refractivity contribution is -0.118. The minimum atomic E-state index is -0.455. The summed E-state index contributed by atoms with van der Waals surface area (Å²) in [6.45, 7) is 2.70. The van der Waals surface area contributed by atoms with Gasteiger partial charge in [0, 0.05) is 16.6 Å². The highest BCUT2D eigenvalue weighted by atomic mass is 32.1. The summed E-state index contributed by atoms with van der Waals surface area (Å²) in [5.41, 5.74) is 2.32. The van der Waals surface area contributed by atoms with Gasteiger partial charge in [0.25, 0.3) is 0 Å². The van der Waals surface area contributed by atoms with E-state index < -0.39 is 6.03 Å². The van der Waals surface area contributed by atoms with Crippen molar-refractivity contribution in [1.29, 1.82) is 0 Å². The van der Waals surface area contributed by atoms with E-state index in [4.69, 9.17) is 0 Å². The molecule has 1 aromatic carbocycles. The number of carbonyl (C=O) groups excluding carboxylic acids is 2. The normalized spacial score (nSPS) is 16.0. The van der Waals surface area contributed by atoms with Gasteiger partial charge in [0.2, 0.25) is 5.91 Å². The molecular weight excluding hydrogens is 310 g/mol. The molecule has 3 amide bonds. The van der Waals surface area contributed by atoms with Gasteiger partial charge in [0.1, 0.15) is 0 Å². The number of thiophene rings is 1. The third-order valence-corrected chi connectivity index (χ3v) is 4.79. The molecule has 0 saturated heterocycles. The number of carbonyl (C=O) groups is 2. The summed E-state index contributed by atoms with van der Waals surface area (Å²) in [4.78, 5) is 27.0. The van der Waals surface area contributed by atoms with E-state index in [-0.39, 0.29) is 18.5 Å². The summed E-state index contributed by atoms with van der Waals surface area (Å²) in [6.07, 6.45) is 0.925. The molecule has 0 spiro atoms. The van der Waals surface area contributed by atoms with E-state index in [9.17, 15) is 9.59 Å². The number of para-hydroxylation sites is 1. The van der Waals surface area contributed by atoms with E-state index in [2.05, 4.69) is 23.6 Å². The third-order valence-electron chi connectivity index (χ3n) is 3.92. The van der Waals surface area contributed by atoms with Gasteiger partial charge in [0.15, 0.2) is 0 Å². The van der Waals surface area contributed by atoms with E-state index in [0.29, 0.717) is 6.54 Å². The molecule has 23 heavy (non-hydrogen) atoms. The molecule has 0 aliphatic carbocycles. The van der Waals surface area contributed by atoms with Gasteiger partial charge in [-0.25, -0.2) is 4.79 Å². The lowest BCUT2D eigenvalue weighted by Crippen LogP contribution is -2.45. The fourth-order valence-corrected chi connectivity index (χ4v) is 3.46. The molecule has 2 N–H and O–H groups in total. The van der Waals surface area contributed by atoms with Crippen LogP contribution in [0.25, 0.3) is 0 Å². The molecule has 1 unspecified atom stereocenters. The molecule has 0 saturated carbocycles. The molecule has 1 atom stereocenters. The van der Waals surface area contributed by atoms with Crippen molar-refractivity contribution in [2.75, 3.05) is 11.4 Å². The Morgan fingerprint density at radius 3 is 2.87 bits per heavy atom. The fraction of sp³-hybridized carbons (Fsp3) is 0.294. The highest BCUT2D eigenvalue weighted by Crippen LogP contribution is 2.31. The van der Waals surface area contributed by atoms with Gasteiger partial charge in [-0.3, -0.25) is 10.1 Å². The molecular formula is C17H19N3O2S. The highest BCUT2D eigenvalue weighted by molar-refractivity contribution is 7.09. The van der Waals surface area contributed by atoms with E-state index in [1.807, 2.05) is 40.6 Å². The minimum Gasteiger partial charge on any atom is -0.359 e. The van der Waals surface area contributed by atoms with Gasteiger partial charge in [-0.05, 0) is 36.4 Å². The van der Waals surface area contributed by atoms with Crippen molar-refractivity contribution in [3.05, 3.63) is 52.2 Å². The first kappa shape index (κ1) is 15.6. The van der Waals surface area contributed by atoms with E-state index in [1.165, 1.54) is 5.56 Å². The number of rotatable bonds is 4. The summed E-state index contributed by atoms with van der Waals surface area (Å²) in [7, 11) is 0. The van der Waals surface area contributed by atoms with Crippen molar-refractivity contribution in [3.8, 4) is 0 Å². The van der Waals surface area contributed by atoms with Crippen LogP contribution in [0, 0.1) is 0 Å². The first-order chi connectivity index (χ1) is 11.1. The van der Waals surface area contributed by atoms with Crippen molar-refractivity contribution < 1.29 is 9.59 Å². The van der Waals surface area contributed by atoms with Gasteiger partial charge in [-0.15, -0.1) is 11.3 Å². The average molecular weight is 329 g/mol. The SMILES string of the molecule is CC1Cc2ccccc2N1CC(=O)NC(=O)NCc1cccs1. The molecule has 2 aromatic rings. The first-order valence-corrected chi connectivity index (χ1v) is 8.46. The Balaban J connectivity index is 1.52. The smallest absolute Gasteiger partial charge is 0.321 e. The summed E-state index contributed by atoms with van der Waals surface area (Å²) in [6, 6.07) is 11.7.